The van der Waals surface area contributed by atoms with Crippen molar-refractivity contribution in [1.82, 2.24) is 5.32 Å². The lowest BCUT2D eigenvalue weighted by Crippen LogP contribution is -2.19. The van der Waals surface area contributed by atoms with Crippen LogP contribution in [-0.4, -0.2) is 11.8 Å². The van der Waals surface area contributed by atoms with Crippen molar-refractivity contribution in [1.29, 1.82) is 0 Å². The summed E-state index contributed by atoms with van der Waals surface area (Å²) in [5.74, 6) is 0. The van der Waals surface area contributed by atoms with E-state index in [-0.39, 0.29) is 5.24 Å². The Bertz CT molecular complexity index is 110. The van der Waals surface area contributed by atoms with Crippen molar-refractivity contribution in [2.75, 3.05) is 6.54 Å². The van der Waals surface area contributed by atoms with Gasteiger partial charge in [0, 0.05) is 6.54 Å². The molecule has 1 N–H and O–H groups in total. The van der Waals surface area contributed by atoms with E-state index in [9.17, 15) is 4.79 Å². The van der Waals surface area contributed by atoms with Crippen LogP contribution in [0, 0.1) is 0 Å². The molecule has 0 bridgehead atoms. The van der Waals surface area contributed by atoms with E-state index in [0.717, 1.165) is 0 Å². The molecule has 0 saturated carbocycles. The maximum atomic E-state index is 10.3. The van der Waals surface area contributed by atoms with Gasteiger partial charge in [-0.1, -0.05) is 6.08 Å². The third-order valence-corrected chi connectivity index (χ3v) is 1.32. The summed E-state index contributed by atoms with van der Waals surface area (Å²) < 4.78 is 0. The highest BCUT2D eigenvalue weighted by atomic mass is 32.2. The largest absolute Gasteiger partial charge is 0.343 e. The lowest BCUT2D eigenvalue weighted by molar-refractivity contribution is 0.261. The highest BCUT2D eigenvalue weighted by molar-refractivity contribution is 8.16. The molecule has 0 spiro atoms. The zero-order valence-corrected chi connectivity index (χ0v) is 4.49. The molecular weight excluding hydrogens is 110 g/mol. The highest BCUT2D eigenvalue weighted by Gasteiger charge is 1.98. The van der Waals surface area contributed by atoms with Crippen LogP contribution in [0.5, 0.6) is 0 Å². The lowest BCUT2D eigenvalue weighted by Gasteiger charge is -2.01. The van der Waals surface area contributed by atoms with Crippen molar-refractivity contribution < 1.29 is 4.79 Å². The summed E-state index contributed by atoms with van der Waals surface area (Å²) in [7, 11) is 0. The van der Waals surface area contributed by atoms with Gasteiger partial charge in [0.2, 0.25) is 0 Å². The molecule has 38 valence electrons. The number of hydrogen-bond donors (Lipinski definition) is 1. The van der Waals surface area contributed by atoms with E-state index >= 15 is 0 Å². The summed E-state index contributed by atoms with van der Waals surface area (Å²) in [5, 5.41) is 4.45. The third kappa shape index (κ3) is 1.23. The van der Waals surface area contributed by atoms with Crippen molar-refractivity contribution >= 4 is 17.0 Å². The molecular formula is C4H5NOS. The average molecular weight is 115 g/mol. The molecule has 1 heterocycles. The molecule has 1 rings (SSSR count). The van der Waals surface area contributed by atoms with Crippen LogP contribution in [-0.2, 0) is 0 Å². The van der Waals surface area contributed by atoms with Crippen molar-refractivity contribution in [2.45, 2.75) is 0 Å². The van der Waals surface area contributed by atoms with Crippen molar-refractivity contribution in [3.05, 3.63) is 11.5 Å². The quantitative estimate of drug-likeness (QED) is 0.509. The molecule has 2 nitrogen and oxygen atoms in total. The minimum absolute atomic E-state index is 0.0440. The molecule has 0 saturated heterocycles. The molecule has 0 aromatic rings. The second-order valence-electron chi connectivity index (χ2n) is 1.16. The Kier molecular flexibility index (Phi) is 1.36. The number of carbonyl (C=O) groups excluding carboxylic acids is 1. The van der Waals surface area contributed by atoms with E-state index in [2.05, 4.69) is 5.32 Å². The molecule has 3 heteroatoms. The van der Waals surface area contributed by atoms with Crippen LogP contribution in [0.4, 0.5) is 4.79 Å². The van der Waals surface area contributed by atoms with Gasteiger partial charge in [-0.15, -0.1) is 0 Å². The Morgan fingerprint density at radius 2 is 2.71 bits per heavy atom. The van der Waals surface area contributed by atoms with Crippen LogP contribution in [0.2, 0.25) is 0 Å². The lowest BCUT2D eigenvalue weighted by atomic mass is 10.6. The van der Waals surface area contributed by atoms with Gasteiger partial charge in [0.25, 0.3) is 5.24 Å². The minimum Gasteiger partial charge on any atom is -0.343 e. The first kappa shape index (κ1) is 4.71. The van der Waals surface area contributed by atoms with Gasteiger partial charge in [-0.2, -0.15) is 0 Å². The first-order chi connectivity index (χ1) is 3.39. The van der Waals surface area contributed by atoms with Gasteiger partial charge in [-0.3, -0.25) is 4.79 Å². The zero-order chi connectivity index (χ0) is 5.11. The fraction of sp³-hybridized carbons (Fsp3) is 0.250. The van der Waals surface area contributed by atoms with Crippen LogP contribution >= 0.6 is 11.8 Å². The number of nitrogens with one attached hydrogen (secondary N) is 1. The molecule has 0 atom stereocenters. The summed E-state index contributed by atoms with van der Waals surface area (Å²) in [6.07, 6.45) is 1.91. The monoisotopic (exact) mass is 115 g/mol. The van der Waals surface area contributed by atoms with Crippen LogP contribution in [0.15, 0.2) is 11.5 Å². The summed E-state index contributed by atoms with van der Waals surface area (Å²) in [6, 6.07) is 0. The Hall–Kier alpha value is -0.440. The number of thioether (sulfide) groups is 1. The first-order valence-electron chi connectivity index (χ1n) is 1.99. The number of carbonyl (C=O) groups is 1. The Morgan fingerprint density at radius 1 is 1.86 bits per heavy atom. The van der Waals surface area contributed by atoms with E-state index in [1.54, 1.807) is 5.41 Å². The maximum absolute atomic E-state index is 10.3. The molecule has 0 aliphatic carbocycles. The second kappa shape index (κ2) is 2.02. The van der Waals surface area contributed by atoms with E-state index in [1.165, 1.54) is 11.8 Å². The van der Waals surface area contributed by atoms with Gasteiger partial charge in [0.15, 0.2) is 0 Å². The van der Waals surface area contributed by atoms with E-state index in [1.807, 2.05) is 6.08 Å². The maximum Gasteiger partial charge on any atom is 0.283 e. The Balaban J connectivity index is 2.47. The number of rotatable bonds is 0. The van der Waals surface area contributed by atoms with E-state index < -0.39 is 0 Å². The number of hydrogen-bond acceptors (Lipinski definition) is 2. The van der Waals surface area contributed by atoms with Gasteiger partial charge in [-0.05, 0) is 17.2 Å². The van der Waals surface area contributed by atoms with E-state index in [0.29, 0.717) is 6.54 Å². The van der Waals surface area contributed by atoms with Gasteiger partial charge in [0.05, 0.1) is 0 Å². The average Bonchev–Trinajstić information content (AvgIpc) is 1.69. The van der Waals surface area contributed by atoms with Crippen LogP contribution in [0.25, 0.3) is 0 Å². The van der Waals surface area contributed by atoms with Gasteiger partial charge in [-0.25, -0.2) is 0 Å². The topological polar surface area (TPSA) is 29.1 Å². The van der Waals surface area contributed by atoms with Gasteiger partial charge >= 0.3 is 0 Å². The van der Waals surface area contributed by atoms with Crippen molar-refractivity contribution in [3.8, 4) is 0 Å². The van der Waals surface area contributed by atoms with Crippen molar-refractivity contribution in [2.24, 2.45) is 0 Å². The summed E-state index contributed by atoms with van der Waals surface area (Å²) in [4.78, 5) is 10.3. The smallest absolute Gasteiger partial charge is 0.283 e. The van der Waals surface area contributed by atoms with Gasteiger partial charge < -0.3 is 5.32 Å². The predicted molar refractivity (Wildman–Crippen MR) is 30.1 cm³/mol. The summed E-state index contributed by atoms with van der Waals surface area (Å²) in [6.45, 7) is 0.686. The summed E-state index contributed by atoms with van der Waals surface area (Å²) in [5.41, 5.74) is 0. The molecule has 1 aliphatic heterocycles. The molecule has 0 unspecified atom stereocenters. The van der Waals surface area contributed by atoms with Crippen molar-refractivity contribution in [3.63, 3.8) is 0 Å². The standard InChI is InChI=1S/C4H5NOS/c6-4-5-2-1-3-7-4/h1,3H,2H2,(H,5,6). The molecule has 1 aliphatic rings. The first-order valence-corrected chi connectivity index (χ1v) is 2.87. The van der Waals surface area contributed by atoms with Crippen LogP contribution in [0.3, 0.4) is 0 Å². The zero-order valence-electron chi connectivity index (χ0n) is 3.68. The van der Waals surface area contributed by atoms with Gasteiger partial charge in [0.1, 0.15) is 0 Å². The fourth-order valence-electron chi connectivity index (χ4n) is 0.342. The Labute approximate surface area is 46.0 Å². The van der Waals surface area contributed by atoms with E-state index in [4.69, 9.17) is 0 Å². The highest BCUT2D eigenvalue weighted by Crippen LogP contribution is 2.05. The molecule has 0 aromatic heterocycles. The minimum atomic E-state index is 0.0440. The molecule has 7 heavy (non-hydrogen) atoms. The normalized spacial score (nSPS) is 19.1. The molecule has 0 radical (unpaired) electrons. The summed E-state index contributed by atoms with van der Waals surface area (Å²) >= 11 is 1.19. The van der Waals surface area contributed by atoms with Crippen LogP contribution < -0.4 is 5.32 Å². The SMILES string of the molecule is O=C1NCC=CS1. The Morgan fingerprint density at radius 3 is 3.00 bits per heavy atom. The van der Waals surface area contributed by atoms with Crippen LogP contribution in [0.1, 0.15) is 0 Å². The predicted octanol–water partition coefficient (Wildman–Crippen LogP) is 0.957. The third-order valence-electron chi connectivity index (χ3n) is 0.636. The number of amides is 1. The second-order valence-corrected chi connectivity index (χ2v) is 2.04. The molecule has 0 aromatic carbocycles. The fourth-order valence-corrected chi connectivity index (χ4v) is 0.825. The molecule has 0 fully saturated rings. The molecule has 1 amide bonds.